The summed E-state index contributed by atoms with van der Waals surface area (Å²) in [6.45, 7) is 6.96. The molecule has 0 saturated carbocycles. The average molecular weight is 250 g/mol. The molecule has 4 nitrogen and oxygen atoms in total. The minimum atomic E-state index is -0.0605. The van der Waals surface area contributed by atoms with E-state index >= 15 is 0 Å². The van der Waals surface area contributed by atoms with Gasteiger partial charge in [-0.1, -0.05) is 12.1 Å². The van der Waals surface area contributed by atoms with Crippen LogP contribution in [-0.2, 0) is 11.3 Å². The lowest BCUT2D eigenvalue weighted by Gasteiger charge is -2.23. The van der Waals surface area contributed by atoms with Gasteiger partial charge in [0.25, 0.3) is 0 Å². The van der Waals surface area contributed by atoms with Crippen molar-refractivity contribution in [3.63, 3.8) is 0 Å². The normalized spacial score (nSPS) is 11.3. The van der Waals surface area contributed by atoms with Crippen LogP contribution in [-0.4, -0.2) is 35.0 Å². The summed E-state index contributed by atoms with van der Waals surface area (Å²) < 4.78 is 0. The van der Waals surface area contributed by atoms with E-state index in [0.717, 1.165) is 5.56 Å². The lowest BCUT2D eigenvalue weighted by atomic mass is 10.1. The molecule has 1 rings (SSSR count). The van der Waals surface area contributed by atoms with Crippen molar-refractivity contribution in [2.45, 2.75) is 32.9 Å². The van der Waals surface area contributed by atoms with Crippen LogP contribution in [0.4, 0.5) is 0 Å². The number of phenols is 1. The van der Waals surface area contributed by atoms with Gasteiger partial charge in [-0.05, 0) is 38.5 Å². The van der Waals surface area contributed by atoms with Gasteiger partial charge in [-0.15, -0.1) is 0 Å². The van der Waals surface area contributed by atoms with E-state index in [0.29, 0.717) is 13.1 Å². The number of likely N-dealkylation sites (N-methyl/N-ethyl adjacent to an activating group) is 1. The Morgan fingerprint density at radius 1 is 1.28 bits per heavy atom. The number of phenolic OH excluding ortho intramolecular Hbond substituents is 1. The molecule has 2 N–H and O–H groups in total. The average Bonchev–Trinajstić information content (AvgIpc) is 2.28. The summed E-state index contributed by atoms with van der Waals surface area (Å²) in [5.41, 5.74) is 0.939. The number of hydrogen-bond donors (Lipinski definition) is 2. The van der Waals surface area contributed by atoms with Gasteiger partial charge in [-0.25, -0.2) is 0 Å². The van der Waals surface area contributed by atoms with Crippen molar-refractivity contribution in [2.75, 3.05) is 13.6 Å². The van der Waals surface area contributed by atoms with Gasteiger partial charge in [0, 0.05) is 19.1 Å². The van der Waals surface area contributed by atoms with E-state index in [-0.39, 0.29) is 17.2 Å². The molecule has 0 atom stereocenters. The largest absolute Gasteiger partial charge is 0.508 e. The summed E-state index contributed by atoms with van der Waals surface area (Å²) in [6, 6.07) is 6.88. The highest BCUT2D eigenvalue weighted by Crippen LogP contribution is 2.11. The van der Waals surface area contributed by atoms with Gasteiger partial charge in [0.2, 0.25) is 5.91 Å². The highest BCUT2D eigenvalue weighted by atomic mass is 16.3. The molecule has 18 heavy (non-hydrogen) atoms. The zero-order valence-corrected chi connectivity index (χ0v) is 11.5. The van der Waals surface area contributed by atoms with E-state index < -0.39 is 0 Å². The van der Waals surface area contributed by atoms with Crippen LogP contribution in [0.25, 0.3) is 0 Å². The van der Waals surface area contributed by atoms with E-state index in [4.69, 9.17) is 0 Å². The number of nitrogens with zero attached hydrogens (tertiary/aromatic N) is 1. The van der Waals surface area contributed by atoms with Crippen molar-refractivity contribution in [2.24, 2.45) is 0 Å². The second-order valence-corrected chi connectivity index (χ2v) is 5.52. The van der Waals surface area contributed by atoms with Crippen LogP contribution in [0.5, 0.6) is 5.75 Å². The third kappa shape index (κ3) is 5.19. The van der Waals surface area contributed by atoms with Crippen molar-refractivity contribution in [1.82, 2.24) is 10.2 Å². The molecule has 0 aliphatic rings. The molecule has 1 amide bonds. The summed E-state index contributed by atoms with van der Waals surface area (Å²) in [6.07, 6.45) is 0. The van der Waals surface area contributed by atoms with E-state index in [9.17, 15) is 9.90 Å². The highest BCUT2D eigenvalue weighted by Gasteiger charge is 2.14. The maximum absolute atomic E-state index is 11.9. The summed E-state index contributed by atoms with van der Waals surface area (Å²) in [4.78, 5) is 13.5. The fourth-order valence-corrected chi connectivity index (χ4v) is 1.44. The Morgan fingerprint density at radius 2 is 1.83 bits per heavy atom. The van der Waals surface area contributed by atoms with Crippen LogP contribution in [0.3, 0.4) is 0 Å². The van der Waals surface area contributed by atoms with Crippen LogP contribution in [0.15, 0.2) is 24.3 Å². The maximum Gasteiger partial charge on any atom is 0.236 e. The van der Waals surface area contributed by atoms with Gasteiger partial charge in [-0.3, -0.25) is 4.79 Å². The monoisotopic (exact) mass is 250 g/mol. The van der Waals surface area contributed by atoms with Crippen molar-refractivity contribution in [1.29, 1.82) is 0 Å². The fourth-order valence-electron chi connectivity index (χ4n) is 1.44. The first-order chi connectivity index (χ1) is 8.28. The lowest BCUT2D eigenvalue weighted by Crippen LogP contribution is -2.43. The SMILES string of the molecule is CN(Cc1ccc(O)cc1)C(=O)CNC(C)(C)C. The van der Waals surface area contributed by atoms with Gasteiger partial charge in [0.1, 0.15) is 5.75 Å². The zero-order valence-electron chi connectivity index (χ0n) is 11.5. The molecule has 0 aliphatic carbocycles. The predicted molar refractivity (Wildman–Crippen MR) is 72.3 cm³/mol. The molecular weight excluding hydrogens is 228 g/mol. The Bertz CT molecular complexity index is 393. The van der Waals surface area contributed by atoms with E-state index in [1.807, 2.05) is 32.9 Å². The number of benzene rings is 1. The van der Waals surface area contributed by atoms with E-state index in [2.05, 4.69) is 5.32 Å². The predicted octanol–water partition coefficient (Wildman–Crippen LogP) is 1.74. The number of aromatic hydroxyl groups is 1. The van der Waals surface area contributed by atoms with Gasteiger partial charge >= 0.3 is 0 Å². The van der Waals surface area contributed by atoms with Crippen molar-refractivity contribution in [3.05, 3.63) is 29.8 Å². The van der Waals surface area contributed by atoms with Crippen molar-refractivity contribution < 1.29 is 9.90 Å². The molecule has 0 saturated heterocycles. The summed E-state index contributed by atoms with van der Waals surface area (Å²) in [5, 5.41) is 12.3. The molecule has 0 aromatic heterocycles. The Hall–Kier alpha value is -1.55. The molecule has 0 heterocycles. The molecule has 0 bridgehead atoms. The number of carbonyl (C=O) groups is 1. The first kappa shape index (κ1) is 14.5. The molecule has 100 valence electrons. The number of hydrogen-bond acceptors (Lipinski definition) is 3. The molecule has 4 heteroatoms. The fraction of sp³-hybridized carbons (Fsp3) is 0.500. The van der Waals surface area contributed by atoms with Crippen LogP contribution in [0, 0.1) is 0 Å². The lowest BCUT2D eigenvalue weighted by molar-refractivity contribution is -0.129. The number of amides is 1. The first-order valence-corrected chi connectivity index (χ1v) is 6.05. The molecular formula is C14H22N2O2. The maximum atomic E-state index is 11.9. The van der Waals surface area contributed by atoms with Crippen molar-refractivity contribution in [3.8, 4) is 5.75 Å². The molecule has 0 unspecified atom stereocenters. The molecule has 0 aliphatic heterocycles. The second kappa shape index (κ2) is 5.87. The molecule has 0 fully saturated rings. The van der Waals surface area contributed by atoms with Crippen LogP contribution in [0.1, 0.15) is 26.3 Å². The van der Waals surface area contributed by atoms with E-state index in [1.165, 1.54) is 0 Å². The minimum absolute atomic E-state index is 0.0537. The minimum Gasteiger partial charge on any atom is -0.508 e. The summed E-state index contributed by atoms with van der Waals surface area (Å²) in [5.74, 6) is 0.292. The Kier molecular flexibility index (Phi) is 4.73. The summed E-state index contributed by atoms with van der Waals surface area (Å²) in [7, 11) is 1.78. The Balaban J connectivity index is 2.47. The highest BCUT2D eigenvalue weighted by molar-refractivity contribution is 5.78. The topological polar surface area (TPSA) is 52.6 Å². The quantitative estimate of drug-likeness (QED) is 0.856. The third-order valence-electron chi connectivity index (χ3n) is 2.55. The first-order valence-electron chi connectivity index (χ1n) is 6.05. The van der Waals surface area contributed by atoms with E-state index in [1.54, 1.807) is 24.1 Å². The van der Waals surface area contributed by atoms with Gasteiger partial charge in [0.15, 0.2) is 0 Å². The Morgan fingerprint density at radius 3 is 2.33 bits per heavy atom. The van der Waals surface area contributed by atoms with Gasteiger partial charge in [-0.2, -0.15) is 0 Å². The molecule has 0 spiro atoms. The second-order valence-electron chi connectivity index (χ2n) is 5.52. The molecule has 1 aromatic carbocycles. The standard InChI is InChI=1S/C14H22N2O2/c1-14(2,3)15-9-13(18)16(4)10-11-5-7-12(17)8-6-11/h5-8,15,17H,9-10H2,1-4H3. The molecule has 0 radical (unpaired) electrons. The number of carbonyl (C=O) groups excluding carboxylic acids is 1. The van der Waals surface area contributed by atoms with Gasteiger partial charge in [0.05, 0.1) is 6.54 Å². The molecule has 1 aromatic rings. The number of nitrogens with one attached hydrogen (secondary N) is 1. The third-order valence-corrected chi connectivity index (χ3v) is 2.55. The van der Waals surface area contributed by atoms with Crippen LogP contribution >= 0.6 is 0 Å². The van der Waals surface area contributed by atoms with Crippen molar-refractivity contribution >= 4 is 5.91 Å². The smallest absolute Gasteiger partial charge is 0.236 e. The van der Waals surface area contributed by atoms with Crippen LogP contribution < -0.4 is 5.32 Å². The number of rotatable bonds is 4. The van der Waals surface area contributed by atoms with Gasteiger partial charge < -0.3 is 15.3 Å². The summed E-state index contributed by atoms with van der Waals surface area (Å²) >= 11 is 0. The Labute approximate surface area is 109 Å². The zero-order chi connectivity index (χ0) is 13.8. The van der Waals surface area contributed by atoms with Crippen LogP contribution in [0.2, 0.25) is 0 Å².